The van der Waals surface area contributed by atoms with E-state index in [9.17, 15) is 14.4 Å². The van der Waals surface area contributed by atoms with Crippen LogP contribution in [0.15, 0.2) is 17.1 Å². The van der Waals surface area contributed by atoms with E-state index < -0.39 is 29.3 Å². The number of allylic oxidation sites excluding steroid dienone is 1. The third-order valence-electron chi connectivity index (χ3n) is 3.42. The highest BCUT2D eigenvalue weighted by Gasteiger charge is 2.64. The molecule has 8 heteroatoms. The molecule has 19 heavy (non-hydrogen) atoms. The lowest BCUT2D eigenvalue weighted by molar-refractivity contribution is -0.156. The first-order valence-corrected chi connectivity index (χ1v) is 5.23. The van der Waals surface area contributed by atoms with Crippen LogP contribution in [0.1, 0.15) is 6.42 Å². The molecule has 0 aromatic carbocycles. The molecule has 2 aliphatic carbocycles. The van der Waals surface area contributed by atoms with Crippen LogP contribution < -0.4 is 0 Å². The van der Waals surface area contributed by atoms with Gasteiger partial charge in [0.15, 0.2) is 5.54 Å². The maximum absolute atomic E-state index is 11.2. The Morgan fingerprint density at radius 2 is 1.89 bits per heavy atom. The summed E-state index contributed by atoms with van der Waals surface area (Å²) in [5, 5.41) is 23.6. The lowest BCUT2D eigenvalue weighted by Crippen LogP contribution is -2.50. The number of carboxylic acid groups (broad SMARTS) is 2. The van der Waals surface area contributed by atoms with Gasteiger partial charge in [0, 0.05) is 5.92 Å². The summed E-state index contributed by atoms with van der Waals surface area (Å²) < 4.78 is 0. The van der Waals surface area contributed by atoms with Crippen LogP contribution in [-0.2, 0) is 19.2 Å². The number of nitrogens with zero attached hydrogens (tertiary/aromatic N) is 1. The second-order valence-electron chi connectivity index (χ2n) is 4.14. The Bertz CT molecular complexity index is 511. The predicted octanol–water partition coefficient (Wildman–Crippen LogP) is -0.0467. The Balaban J connectivity index is 0.000000550. The van der Waals surface area contributed by atoms with Crippen LogP contribution in [0.25, 0.3) is 0 Å². The smallest absolute Gasteiger partial charge is 0.334 e. The van der Waals surface area contributed by atoms with E-state index in [1.54, 1.807) is 12.2 Å². The van der Waals surface area contributed by atoms with Gasteiger partial charge in [0.25, 0.3) is 0 Å². The maximum atomic E-state index is 11.2. The fourth-order valence-corrected chi connectivity index (χ4v) is 2.80. The van der Waals surface area contributed by atoms with Crippen molar-refractivity contribution in [1.29, 1.82) is 5.41 Å². The van der Waals surface area contributed by atoms with Crippen LogP contribution in [0.3, 0.4) is 0 Å². The Morgan fingerprint density at radius 3 is 2.32 bits per heavy atom. The lowest BCUT2D eigenvalue weighted by atomic mass is 9.76. The van der Waals surface area contributed by atoms with E-state index in [1.807, 2.05) is 0 Å². The Kier molecular flexibility index (Phi) is 4.11. The first-order chi connectivity index (χ1) is 8.95. The molecule has 0 aromatic heterocycles. The van der Waals surface area contributed by atoms with Gasteiger partial charge in [-0.3, -0.25) is 4.79 Å². The molecule has 0 saturated heterocycles. The molecular weight excluding hydrogens is 256 g/mol. The molecule has 2 rings (SSSR count). The second-order valence-corrected chi connectivity index (χ2v) is 4.14. The third-order valence-corrected chi connectivity index (χ3v) is 3.42. The number of carboxylic acids is 2. The van der Waals surface area contributed by atoms with Crippen molar-refractivity contribution in [3.63, 3.8) is 0 Å². The van der Waals surface area contributed by atoms with Gasteiger partial charge in [-0.15, -0.1) is 0 Å². The van der Waals surface area contributed by atoms with Crippen LogP contribution in [0.2, 0.25) is 0 Å². The minimum atomic E-state index is -1.87. The van der Waals surface area contributed by atoms with Crippen molar-refractivity contribution in [2.75, 3.05) is 0 Å². The number of isocyanates is 2. The summed E-state index contributed by atoms with van der Waals surface area (Å²) in [7, 11) is 0. The highest BCUT2D eigenvalue weighted by molar-refractivity contribution is 5.90. The molecule has 2 bridgehead atoms. The zero-order valence-corrected chi connectivity index (χ0v) is 9.57. The number of carbonyl (C=O) groups excluding carboxylic acids is 2. The van der Waals surface area contributed by atoms with Gasteiger partial charge in [-0.1, -0.05) is 12.2 Å². The molecule has 100 valence electrons. The van der Waals surface area contributed by atoms with Gasteiger partial charge < -0.3 is 10.2 Å². The van der Waals surface area contributed by atoms with E-state index in [-0.39, 0.29) is 5.92 Å². The number of hydrogen-bond donors (Lipinski definition) is 3. The SMILES string of the molecule is N=C=O.O=C=NC1(C(=O)O)C2C=CC(C2)C1C(=O)O. The van der Waals surface area contributed by atoms with E-state index in [4.69, 9.17) is 20.4 Å². The molecule has 4 unspecified atom stereocenters. The Morgan fingerprint density at radius 1 is 1.32 bits per heavy atom. The van der Waals surface area contributed by atoms with Crippen molar-refractivity contribution in [3.8, 4) is 0 Å². The van der Waals surface area contributed by atoms with Crippen molar-refractivity contribution < 1.29 is 29.4 Å². The first kappa shape index (κ1) is 14.5. The fraction of sp³-hybridized carbons (Fsp3) is 0.455. The molecule has 0 amide bonds. The molecule has 0 radical (unpaired) electrons. The topological polar surface area (TPSA) is 145 Å². The Hall–Kier alpha value is -2.56. The van der Waals surface area contributed by atoms with Gasteiger partial charge in [-0.05, 0) is 12.3 Å². The van der Waals surface area contributed by atoms with Gasteiger partial charge in [0.05, 0.1) is 0 Å². The Labute approximate surface area is 107 Å². The van der Waals surface area contributed by atoms with Crippen LogP contribution >= 0.6 is 0 Å². The van der Waals surface area contributed by atoms with Gasteiger partial charge in [-0.25, -0.2) is 19.8 Å². The highest BCUT2D eigenvalue weighted by atomic mass is 16.4. The summed E-state index contributed by atoms with van der Waals surface area (Å²) in [5.74, 6) is -4.69. The molecule has 3 N–H and O–H groups in total. The molecule has 0 aromatic rings. The van der Waals surface area contributed by atoms with Crippen molar-refractivity contribution in [2.24, 2.45) is 22.7 Å². The van der Waals surface area contributed by atoms with Crippen molar-refractivity contribution in [2.45, 2.75) is 12.0 Å². The van der Waals surface area contributed by atoms with Crippen molar-refractivity contribution in [3.05, 3.63) is 12.2 Å². The fourth-order valence-electron chi connectivity index (χ4n) is 2.80. The number of fused-ring (bicyclic) bond motifs is 2. The monoisotopic (exact) mass is 266 g/mol. The van der Waals surface area contributed by atoms with Gasteiger partial charge >= 0.3 is 11.9 Å². The first-order valence-electron chi connectivity index (χ1n) is 5.23. The standard InChI is InChI=1S/C10H9NO5.CHNO/c12-4-11-10(9(15)16)6-2-1-5(3-6)7(10)8(13)14;2-1-3/h1-2,5-7H,3H2,(H,13,14)(H,15,16);2H. The van der Waals surface area contributed by atoms with Gasteiger partial charge in [0.1, 0.15) is 5.92 Å². The number of aliphatic imine (C=N–C) groups is 1. The predicted molar refractivity (Wildman–Crippen MR) is 58.8 cm³/mol. The largest absolute Gasteiger partial charge is 0.481 e. The zero-order valence-electron chi connectivity index (χ0n) is 9.57. The average molecular weight is 266 g/mol. The highest BCUT2D eigenvalue weighted by Crippen LogP contribution is 2.52. The van der Waals surface area contributed by atoms with E-state index >= 15 is 0 Å². The summed E-state index contributed by atoms with van der Waals surface area (Å²) in [6.07, 6.45) is 5.67. The molecule has 0 spiro atoms. The average Bonchev–Trinajstić information content (AvgIpc) is 2.89. The van der Waals surface area contributed by atoms with Crippen molar-refractivity contribution >= 4 is 24.1 Å². The molecule has 2 aliphatic rings. The molecular formula is C11H10N2O6. The van der Waals surface area contributed by atoms with Crippen LogP contribution in [0.4, 0.5) is 0 Å². The second kappa shape index (κ2) is 5.39. The van der Waals surface area contributed by atoms with Gasteiger partial charge in [-0.2, -0.15) is 4.99 Å². The molecule has 8 nitrogen and oxygen atoms in total. The molecule has 0 heterocycles. The van der Waals surface area contributed by atoms with Crippen LogP contribution in [-0.4, -0.2) is 39.9 Å². The number of nitrogens with one attached hydrogen (secondary N) is 1. The summed E-state index contributed by atoms with van der Waals surface area (Å²) in [6, 6.07) is 0. The summed E-state index contributed by atoms with van der Waals surface area (Å²) in [4.78, 5) is 44.3. The molecule has 1 saturated carbocycles. The summed E-state index contributed by atoms with van der Waals surface area (Å²) >= 11 is 0. The van der Waals surface area contributed by atoms with Crippen LogP contribution in [0, 0.1) is 23.2 Å². The van der Waals surface area contributed by atoms with E-state index in [1.165, 1.54) is 6.08 Å². The van der Waals surface area contributed by atoms with Crippen LogP contribution in [0.5, 0.6) is 0 Å². The van der Waals surface area contributed by atoms with E-state index in [2.05, 4.69) is 4.99 Å². The number of rotatable bonds is 3. The maximum Gasteiger partial charge on any atom is 0.334 e. The lowest BCUT2D eigenvalue weighted by Gasteiger charge is -2.30. The third kappa shape index (κ3) is 2.10. The number of aliphatic carboxylic acids is 2. The normalized spacial score (nSPS) is 33.6. The van der Waals surface area contributed by atoms with E-state index in [0.717, 1.165) is 6.08 Å². The van der Waals surface area contributed by atoms with Gasteiger partial charge in [0.2, 0.25) is 12.2 Å². The minimum Gasteiger partial charge on any atom is -0.481 e. The summed E-state index contributed by atoms with van der Waals surface area (Å²) in [6.45, 7) is 0. The quantitative estimate of drug-likeness (QED) is 0.371. The summed E-state index contributed by atoms with van der Waals surface area (Å²) in [5.41, 5.74) is -1.87. The molecule has 4 atom stereocenters. The van der Waals surface area contributed by atoms with E-state index in [0.29, 0.717) is 6.42 Å². The molecule has 0 aliphatic heterocycles. The number of hydrogen-bond acceptors (Lipinski definition) is 6. The zero-order chi connectivity index (χ0) is 14.6. The minimum absolute atomic E-state index is 0.365. The van der Waals surface area contributed by atoms with Crippen molar-refractivity contribution in [1.82, 2.24) is 0 Å². The molecule has 1 fully saturated rings. The number of carbonyl (C=O) groups is 2.